The summed E-state index contributed by atoms with van der Waals surface area (Å²) in [7, 11) is 1.76. The third kappa shape index (κ3) is 3.31. The van der Waals surface area contributed by atoms with Crippen molar-refractivity contribution in [2.75, 3.05) is 13.1 Å². The summed E-state index contributed by atoms with van der Waals surface area (Å²) in [6, 6.07) is 0. The molecule has 8 heteroatoms. The molecular weight excluding hydrogens is 308 g/mol. The number of carbonyl (C=O) groups is 1. The SMILES string of the molecule is C#CCCC1(CCC(=O)N2CCC(O)(c3cnnn3C)CC2)N=N1. The van der Waals surface area contributed by atoms with Gasteiger partial charge in [-0.25, -0.2) is 4.68 Å². The predicted molar refractivity (Wildman–Crippen MR) is 85.6 cm³/mol. The van der Waals surface area contributed by atoms with Gasteiger partial charge in [-0.05, 0) is 12.8 Å². The van der Waals surface area contributed by atoms with E-state index in [4.69, 9.17) is 6.42 Å². The summed E-state index contributed by atoms with van der Waals surface area (Å²) in [5.74, 6) is 2.67. The second kappa shape index (κ2) is 6.32. The molecule has 0 aliphatic carbocycles. The van der Waals surface area contributed by atoms with Gasteiger partial charge >= 0.3 is 0 Å². The van der Waals surface area contributed by atoms with Crippen molar-refractivity contribution in [1.82, 2.24) is 19.9 Å². The molecule has 3 rings (SSSR count). The number of hydrogen-bond donors (Lipinski definition) is 1. The maximum Gasteiger partial charge on any atom is 0.222 e. The van der Waals surface area contributed by atoms with Crippen LogP contribution < -0.4 is 0 Å². The van der Waals surface area contributed by atoms with Gasteiger partial charge in [-0.2, -0.15) is 10.2 Å². The molecule has 128 valence electrons. The number of likely N-dealkylation sites (tertiary alicyclic amines) is 1. The Hall–Kier alpha value is -2.27. The molecule has 2 aliphatic heterocycles. The van der Waals surface area contributed by atoms with E-state index in [-0.39, 0.29) is 5.91 Å². The van der Waals surface area contributed by atoms with E-state index in [1.807, 2.05) is 0 Å². The minimum absolute atomic E-state index is 0.0811. The van der Waals surface area contributed by atoms with Crippen LogP contribution in [0.15, 0.2) is 16.4 Å². The van der Waals surface area contributed by atoms with Crippen LogP contribution in [-0.2, 0) is 17.4 Å². The molecule has 0 atom stereocenters. The van der Waals surface area contributed by atoms with Gasteiger partial charge in [-0.1, -0.05) is 5.21 Å². The smallest absolute Gasteiger partial charge is 0.222 e. The van der Waals surface area contributed by atoms with Gasteiger partial charge in [0.1, 0.15) is 5.60 Å². The quantitative estimate of drug-likeness (QED) is 0.786. The van der Waals surface area contributed by atoms with E-state index in [1.165, 1.54) is 0 Å². The molecule has 1 N–H and O–H groups in total. The highest BCUT2D eigenvalue weighted by molar-refractivity contribution is 5.76. The molecule has 0 radical (unpaired) electrons. The molecule has 24 heavy (non-hydrogen) atoms. The van der Waals surface area contributed by atoms with Crippen molar-refractivity contribution in [3.63, 3.8) is 0 Å². The van der Waals surface area contributed by atoms with Crippen LogP contribution >= 0.6 is 0 Å². The molecule has 0 saturated carbocycles. The lowest BCUT2D eigenvalue weighted by Crippen LogP contribution is -2.46. The molecule has 1 aromatic rings. The lowest BCUT2D eigenvalue weighted by atomic mass is 9.88. The third-order valence-corrected chi connectivity index (χ3v) is 4.93. The Morgan fingerprint density at radius 2 is 2.08 bits per heavy atom. The van der Waals surface area contributed by atoms with E-state index in [9.17, 15) is 9.90 Å². The molecule has 0 unspecified atom stereocenters. The third-order valence-electron chi connectivity index (χ3n) is 4.93. The molecule has 0 aromatic carbocycles. The first-order valence-electron chi connectivity index (χ1n) is 8.21. The van der Waals surface area contributed by atoms with Crippen LogP contribution in [0.5, 0.6) is 0 Å². The summed E-state index contributed by atoms with van der Waals surface area (Å²) in [6.45, 7) is 1.04. The fourth-order valence-electron chi connectivity index (χ4n) is 3.23. The van der Waals surface area contributed by atoms with Gasteiger partial charge in [0.05, 0.1) is 11.9 Å². The fourth-order valence-corrected chi connectivity index (χ4v) is 3.23. The van der Waals surface area contributed by atoms with Gasteiger partial charge in [0.2, 0.25) is 5.91 Å². The van der Waals surface area contributed by atoms with Crippen molar-refractivity contribution in [2.24, 2.45) is 17.3 Å². The number of aliphatic hydroxyl groups is 1. The Bertz CT molecular complexity index is 675. The molecule has 0 spiro atoms. The molecular formula is C16H22N6O2. The van der Waals surface area contributed by atoms with Crippen LogP contribution in [0, 0.1) is 12.3 Å². The topological polar surface area (TPSA) is 96.0 Å². The Kier molecular flexibility index (Phi) is 4.37. The molecule has 1 aromatic heterocycles. The van der Waals surface area contributed by atoms with E-state index in [2.05, 4.69) is 26.5 Å². The molecule has 1 fully saturated rings. The van der Waals surface area contributed by atoms with Crippen molar-refractivity contribution in [3.8, 4) is 12.3 Å². The fraction of sp³-hybridized carbons (Fsp3) is 0.688. The number of aromatic nitrogens is 3. The second-order valence-corrected chi connectivity index (χ2v) is 6.54. The Labute approximate surface area is 140 Å². The first-order chi connectivity index (χ1) is 11.5. The van der Waals surface area contributed by atoms with Crippen LogP contribution in [0.1, 0.15) is 44.2 Å². The summed E-state index contributed by atoms with van der Waals surface area (Å²) in [5, 5.41) is 26.6. The highest BCUT2D eigenvalue weighted by Crippen LogP contribution is 2.38. The van der Waals surface area contributed by atoms with E-state index < -0.39 is 11.3 Å². The number of rotatable bonds is 6. The molecule has 1 saturated heterocycles. The number of piperidine rings is 1. The lowest BCUT2D eigenvalue weighted by molar-refractivity contribution is -0.136. The summed E-state index contributed by atoms with van der Waals surface area (Å²) in [5.41, 5.74) is -0.693. The van der Waals surface area contributed by atoms with Crippen molar-refractivity contribution in [1.29, 1.82) is 0 Å². The van der Waals surface area contributed by atoms with E-state index >= 15 is 0 Å². The first-order valence-corrected chi connectivity index (χ1v) is 8.21. The number of hydrogen-bond acceptors (Lipinski definition) is 6. The maximum absolute atomic E-state index is 12.4. The standard InChI is InChI=1S/C16H22N6O2/c1-3-4-6-16(18-19-16)7-5-14(23)22-10-8-15(24,9-11-22)13-12-17-20-21(13)2/h1,12,24H,4-11H2,2H3. The number of nitrogens with zero attached hydrogens (tertiary/aromatic N) is 6. The van der Waals surface area contributed by atoms with Crippen LogP contribution in [0.25, 0.3) is 0 Å². The Morgan fingerprint density at radius 1 is 1.38 bits per heavy atom. The van der Waals surface area contributed by atoms with E-state index in [0.717, 1.165) is 0 Å². The van der Waals surface area contributed by atoms with Crippen molar-refractivity contribution >= 4 is 5.91 Å². The Morgan fingerprint density at radius 3 is 2.62 bits per heavy atom. The number of terminal acetylenes is 1. The average molecular weight is 330 g/mol. The summed E-state index contributed by atoms with van der Waals surface area (Å²) < 4.78 is 1.59. The predicted octanol–water partition coefficient (Wildman–Crippen LogP) is 0.981. The zero-order valence-electron chi connectivity index (χ0n) is 13.9. The molecule has 2 aliphatic rings. The second-order valence-electron chi connectivity index (χ2n) is 6.54. The Balaban J connectivity index is 1.49. The van der Waals surface area contributed by atoms with E-state index in [1.54, 1.807) is 22.8 Å². The van der Waals surface area contributed by atoms with Crippen LogP contribution in [0.2, 0.25) is 0 Å². The van der Waals surface area contributed by atoms with Gasteiger partial charge in [-0.15, -0.1) is 17.4 Å². The molecule has 0 bridgehead atoms. The van der Waals surface area contributed by atoms with Crippen molar-refractivity contribution in [3.05, 3.63) is 11.9 Å². The molecule has 8 nitrogen and oxygen atoms in total. The number of aryl methyl sites for hydroxylation is 1. The number of amides is 1. The maximum atomic E-state index is 12.4. The zero-order chi connectivity index (χ0) is 17.2. The molecule has 1 amide bonds. The largest absolute Gasteiger partial charge is 0.383 e. The monoisotopic (exact) mass is 330 g/mol. The normalized spacial score (nSPS) is 20.6. The minimum atomic E-state index is -0.968. The van der Waals surface area contributed by atoms with Gasteiger partial charge in [0.25, 0.3) is 0 Å². The first kappa shape index (κ1) is 16.6. The zero-order valence-corrected chi connectivity index (χ0v) is 13.9. The van der Waals surface area contributed by atoms with Gasteiger partial charge < -0.3 is 10.0 Å². The number of carbonyl (C=O) groups excluding carboxylic acids is 1. The van der Waals surface area contributed by atoms with Gasteiger partial charge in [0, 0.05) is 45.8 Å². The summed E-state index contributed by atoms with van der Waals surface area (Å²) in [4.78, 5) is 14.2. The van der Waals surface area contributed by atoms with Crippen LogP contribution in [0.3, 0.4) is 0 Å². The minimum Gasteiger partial charge on any atom is -0.383 e. The summed E-state index contributed by atoms with van der Waals surface area (Å²) in [6.07, 6.45) is 10.2. The molecule has 3 heterocycles. The van der Waals surface area contributed by atoms with Crippen molar-refractivity contribution in [2.45, 2.75) is 49.8 Å². The summed E-state index contributed by atoms with van der Waals surface area (Å²) >= 11 is 0. The van der Waals surface area contributed by atoms with Gasteiger partial charge in [0.15, 0.2) is 5.66 Å². The highest BCUT2D eigenvalue weighted by Gasteiger charge is 2.41. The average Bonchev–Trinajstić information content (AvgIpc) is 3.22. The lowest BCUT2D eigenvalue weighted by Gasteiger charge is -2.38. The van der Waals surface area contributed by atoms with E-state index in [0.29, 0.717) is 57.3 Å². The van der Waals surface area contributed by atoms with Gasteiger partial charge in [-0.3, -0.25) is 4.79 Å². The highest BCUT2D eigenvalue weighted by atomic mass is 16.3. The van der Waals surface area contributed by atoms with Crippen molar-refractivity contribution < 1.29 is 9.90 Å². The van der Waals surface area contributed by atoms with Crippen LogP contribution in [0.4, 0.5) is 0 Å². The van der Waals surface area contributed by atoms with Crippen LogP contribution in [-0.4, -0.2) is 49.7 Å².